The van der Waals surface area contributed by atoms with Gasteiger partial charge < -0.3 is 31.4 Å². The van der Waals surface area contributed by atoms with E-state index in [1.54, 1.807) is 0 Å². The normalized spacial score (nSPS) is 17.4. The van der Waals surface area contributed by atoms with Gasteiger partial charge in [-0.3, -0.25) is 19.2 Å². The van der Waals surface area contributed by atoms with Crippen molar-refractivity contribution >= 4 is 34.5 Å². The summed E-state index contributed by atoms with van der Waals surface area (Å²) < 4.78 is 45.6. The molecular formula is C24H30F3N5O5. The van der Waals surface area contributed by atoms with Gasteiger partial charge in [-0.1, -0.05) is 13.8 Å². The molecule has 3 atom stereocenters. The van der Waals surface area contributed by atoms with Crippen LogP contribution in [0.1, 0.15) is 49.2 Å². The number of carbonyl (C=O) groups is 4. The Bertz CT molecular complexity index is 1190. The second kappa shape index (κ2) is 11.1. The quantitative estimate of drug-likeness (QED) is 0.320. The SMILES string of the molecule is COc1ccc(C(F)(F)F)c2[nH]c(C(=O)N[C@@H](CC(C)C)C(=O)N[C@@H](C[C@@H]3CCNC3=O)C(N)=O)cc12. The van der Waals surface area contributed by atoms with Crippen LogP contribution in [0.25, 0.3) is 10.9 Å². The molecular weight excluding hydrogens is 495 g/mol. The summed E-state index contributed by atoms with van der Waals surface area (Å²) in [5, 5.41) is 7.75. The van der Waals surface area contributed by atoms with Crippen LogP contribution in [0.2, 0.25) is 0 Å². The van der Waals surface area contributed by atoms with Gasteiger partial charge in [0, 0.05) is 17.8 Å². The maximum Gasteiger partial charge on any atom is 0.418 e. The number of halogens is 3. The fourth-order valence-electron chi connectivity index (χ4n) is 4.34. The number of alkyl halides is 3. The Morgan fingerprint density at radius 3 is 2.43 bits per heavy atom. The summed E-state index contributed by atoms with van der Waals surface area (Å²) in [6, 6.07) is 0.961. The first-order valence-corrected chi connectivity index (χ1v) is 11.8. The van der Waals surface area contributed by atoms with Gasteiger partial charge in [0.2, 0.25) is 17.7 Å². The summed E-state index contributed by atoms with van der Waals surface area (Å²) in [5.41, 5.74) is 3.93. The summed E-state index contributed by atoms with van der Waals surface area (Å²) in [7, 11) is 1.29. The molecule has 0 spiro atoms. The minimum Gasteiger partial charge on any atom is -0.496 e. The van der Waals surface area contributed by atoms with Crippen molar-refractivity contribution in [2.24, 2.45) is 17.6 Å². The second-order valence-electron chi connectivity index (χ2n) is 9.42. The van der Waals surface area contributed by atoms with Gasteiger partial charge in [0.15, 0.2) is 0 Å². The zero-order chi connectivity index (χ0) is 27.5. The van der Waals surface area contributed by atoms with Crippen molar-refractivity contribution in [3.63, 3.8) is 0 Å². The molecule has 0 saturated carbocycles. The van der Waals surface area contributed by atoms with E-state index in [0.717, 1.165) is 12.1 Å². The van der Waals surface area contributed by atoms with Crippen LogP contribution in [0.3, 0.4) is 0 Å². The molecule has 4 amide bonds. The topological polar surface area (TPSA) is 155 Å². The van der Waals surface area contributed by atoms with E-state index < -0.39 is 47.5 Å². The number of rotatable bonds is 10. The number of fused-ring (bicyclic) bond motifs is 1. The monoisotopic (exact) mass is 525 g/mol. The van der Waals surface area contributed by atoms with Crippen LogP contribution in [0.4, 0.5) is 13.2 Å². The lowest BCUT2D eigenvalue weighted by molar-refractivity contribution is -0.136. The highest BCUT2D eigenvalue weighted by Gasteiger charge is 2.35. The molecule has 13 heteroatoms. The number of H-pyrrole nitrogens is 1. The maximum atomic E-state index is 13.5. The molecule has 3 rings (SSSR count). The van der Waals surface area contributed by atoms with Gasteiger partial charge in [-0.05, 0) is 43.4 Å². The van der Waals surface area contributed by atoms with Gasteiger partial charge in [0.1, 0.15) is 23.5 Å². The molecule has 0 aliphatic carbocycles. The molecule has 1 aromatic carbocycles. The van der Waals surface area contributed by atoms with Gasteiger partial charge in [-0.25, -0.2) is 0 Å². The van der Waals surface area contributed by atoms with E-state index in [1.807, 2.05) is 13.8 Å². The first-order chi connectivity index (χ1) is 17.3. The third-order valence-corrected chi connectivity index (χ3v) is 6.20. The zero-order valence-electron chi connectivity index (χ0n) is 20.6. The highest BCUT2D eigenvalue weighted by molar-refractivity contribution is 6.02. The Kier molecular flexibility index (Phi) is 8.34. The number of primary amides is 1. The van der Waals surface area contributed by atoms with E-state index in [0.29, 0.717) is 13.0 Å². The number of hydrogen-bond acceptors (Lipinski definition) is 5. The van der Waals surface area contributed by atoms with E-state index >= 15 is 0 Å². The summed E-state index contributed by atoms with van der Waals surface area (Å²) in [6.07, 6.45) is -4.00. The Labute approximate surface area is 210 Å². The molecule has 1 aromatic heterocycles. The fourth-order valence-corrected chi connectivity index (χ4v) is 4.34. The van der Waals surface area contributed by atoms with E-state index in [-0.39, 0.29) is 47.0 Å². The number of methoxy groups -OCH3 is 1. The second-order valence-corrected chi connectivity index (χ2v) is 9.42. The van der Waals surface area contributed by atoms with Crippen molar-refractivity contribution in [1.29, 1.82) is 0 Å². The van der Waals surface area contributed by atoms with Crippen LogP contribution < -0.4 is 26.4 Å². The lowest BCUT2D eigenvalue weighted by Crippen LogP contribution is -2.54. The molecule has 10 nitrogen and oxygen atoms in total. The van der Waals surface area contributed by atoms with Gasteiger partial charge in [-0.2, -0.15) is 13.2 Å². The summed E-state index contributed by atoms with van der Waals surface area (Å²) in [5.74, 6) is -3.00. The Morgan fingerprint density at radius 2 is 1.89 bits per heavy atom. The molecule has 1 aliphatic rings. The molecule has 0 radical (unpaired) electrons. The number of nitrogens with two attached hydrogens (primary N) is 1. The van der Waals surface area contributed by atoms with Crippen LogP contribution in [-0.4, -0.2) is 54.4 Å². The van der Waals surface area contributed by atoms with Crippen molar-refractivity contribution in [2.75, 3.05) is 13.7 Å². The average Bonchev–Trinajstić information content (AvgIpc) is 3.42. The van der Waals surface area contributed by atoms with Crippen molar-refractivity contribution in [1.82, 2.24) is 20.9 Å². The molecule has 37 heavy (non-hydrogen) atoms. The smallest absolute Gasteiger partial charge is 0.418 e. The van der Waals surface area contributed by atoms with Gasteiger partial charge >= 0.3 is 6.18 Å². The minimum atomic E-state index is -4.68. The van der Waals surface area contributed by atoms with Crippen LogP contribution in [0.5, 0.6) is 5.75 Å². The third-order valence-electron chi connectivity index (χ3n) is 6.20. The highest BCUT2D eigenvalue weighted by Crippen LogP contribution is 2.38. The largest absolute Gasteiger partial charge is 0.496 e. The van der Waals surface area contributed by atoms with Gasteiger partial charge in [-0.15, -0.1) is 0 Å². The lowest BCUT2D eigenvalue weighted by Gasteiger charge is -2.24. The number of ether oxygens (including phenoxy) is 1. The number of nitrogens with one attached hydrogen (secondary N) is 4. The molecule has 0 unspecified atom stereocenters. The average molecular weight is 526 g/mol. The minimum absolute atomic E-state index is 0.0112. The van der Waals surface area contributed by atoms with E-state index in [9.17, 15) is 32.3 Å². The van der Waals surface area contributed by atoms with Crippen LogP contribution in [0, 0.1) is 11.8 Å². The third kappa shape index (κ3) is 6.52. The maximum absolute atomic E-state index is 13.5. The molecule has 2 heterocycles. The number of amides is 4. The number of aromatic amines is 1. The molecule has 1 saturated heterocycles. The molecule has 202 valence electrons. The first-order valence-electron chi connectivity index (χ1n) is 11.8. The molecule has 2 aromatic rings. The predicted octanol–water partition coefficient (Wildman–Crippen LogP) is 1.84. The van der Waals surface area contributed by atoms with Gasteiger partial charge in [0.25, 0.3) is 5.91 Å². The van der Waals surface area contributed by atoms with Crippen LogP contribution in [-0.2, 0) is 20.6 Å². The number of benzene rings is 1. The lowest BCUT2D eigenvalue weighted by atomic mass is 9.97. The summed E-state index contributed by atoms with van der Waals surface area (Å²) in [4.78, 5) is 52.4. The van der Waals surface area contributed by atoms with E-state index in [1.165, 1.54) is 13.2 Å². The Hall–Kier alpha value is -3.77. The number of carbonyl (C=O) groups excluding carboxylic acids is 4. The summed E-state index contributed by atoms with van der Waals surface area (Å²) >= 11 is 0. The molecule has 1 fully saturated rings. The molecule has 0 bridgehead atoms. The van der Waals surface area contributed by atoms with Crippen LogP contribution in [0.15, 0.2) is 18.2 Å². The van der Waals surface area contributed by atoms with Crippen molar-refractivity contribution in [2.45, 2.75) is 51.4 Å². The van der Waals surface area contributed by atoms with Crippen molar-refractivity contribution in [3.05, 3.63) is 29.5 Å². The van der Waals surface area contributed by atoms with E-state index in [2.05, 4.69) is 20.9 Å². The predicted molar refractivity (Wildman–Crippen MR) is 127 cm³/mol. The fraction of sp³-hybridized carbons (Fsp3) is 0.500. The Morgan fingerprint density at radius 1 is 1.19 bits per heavy atom. The number of hydrogen-bond donors (Lipinski definition) is 5. The van der Waals surface area contributed by atoms with Crippen molar-refractivity contribution < 1.29 is 37.1 Å². The Balaban J connectivity index is 1.83. The highest BCUT2D eigenvalue weighted by atomic mass is 19.4. The number of aromatic nitrogens is 1. The zero-order valence-corrected chi connectivity index (χ0v) is 20.6. The van der Waals surface area contributed by atoms with Gasteiger partial charge in [0.05, 0.1) is 18.2 Å². The van der Waals surface area contributed by atoms with Crippen LogP contribution >= 0.6 is 0 Å². The van der Waals surface area contributed by atoms with E-state index in [4.69, 9.17) is 10.5 Å². The standard InChI is InChI=1S/C24H30F3N5O5/c1-11(2)8-16(22(35)31-15(20(28)33)9-12-6-7-29-21(12)34)32-23(36)17-10-13-18(37-3)5-4-14(19(13)30-17)24(25,26)27/h4-5,10-12,15-16,30H,6-9H2,1-3H3,(H2,28,33)(H,29,34)(H,31,35)(H,32,36)/t12-,15-,16-/m0/s1. The van der Waals surface area contributed by atoms with Crippen molar-refractivity contribution in [3.8, 4) is 5.75 Å². The summed E-state index contributed by atoms with van der Waals surface area (Å²) in [6.45, 7) is 4.08. The molecule has 1 aliphatic heterocycles. The molecule has 6 N–H and O–H groups in total. The first kappa shape index (κ1) is 27.8.